The van der Waals surface area contributed by atoms with Crippen molar-refractivity contribution in [2.24, 2.45) is 0 Å². The van der Waals surface area contributed by atoms with Crippen LogP contribution in [0.15, 0.2) is 42.6 Å². The smallest absolute Gasteiger partial charge is 0.276 e. The maximum Gasteiger partial charge on any atom is 0.276 e. The molecule has 3 aromatic rings. The predicted octanol–water partition coefficient (Wildman–Crippen LogP) is 4.05. The summed E-state index contributed by atoms with van der Waals surface area (Å²) in [6.45, 7) is 6.12. The second kappa shape index (κ2) is 7.11. The first-order valence-corrected chi connectivity index (χ1v) is 8.88. The van der Waals surface area contributed by atoms with Crippen LogP contribution in [0.25, 0.3) is 5.69 Å². The fourth-order valence-corrected chi connectivity index (χ4v) is 3.82. The Balaban J connectivity index is 1.84. The van der Waals surface area contributed by atoms with Crippen molar-refractivity contribution >= 4 is 17.2 Å². The van der Waals surface area contributed by atoms with Gasteiger partial charge in [0.25, 0.3) is 5.91 Å². The summed E-state index contributed by atoms with van der Waals surface area (Å²) >= 11 is 1.73. The van der Waals surface area contributed by atoms with Gasteiger partial charge in [-0.25, -0.2) is 4.68 Å². The van der Waals surface area contributed by atoms with E-state index >= 15 is 0 Å². The molecule has 25 heavy (non-hydrogen) atoms. The monoisotopic (exact) mass is 355 g/mol. The van der Waals surface area contributed by atoms with Crippen LogP contribution in [0.4, 0.5) is 0 Å². The summed E-state index contributed by atoms with van der Waals surface area (Å²) in [7, 11) is 1.54. The number of hydrogen-bond acceptors (Lipinski definition) is 4. The first kappa shape index (κ1) is 17.2. The van der Waals surface area contributed by atoms with Crippen molar-refractivity contribution in [1.82, 2.24) is 15.1 Å². The Morgan fingerprint density at radius 3 is 2.60 bits per heavy atom. The maximum atomic E-state index is 12.7. The molecule has 0 fully saturated rings. The number of aromatic nitrogens is 2. The van der Waals surface area contributed by atoms with Crippen LogP contribution in [0.2, 0.25) is 0 Å². The molecule has 1 amide bonds. The molecule has 5 nitrogen and oxygen atoms in total. The van der Waals surface area contributed by atoms with Crippen LogP contribution in [0.1, 0.15) is 38.8 Å². The van der Waals surface area contributed by atoms with Gasteiger partial charge in [-0.1, -0.05) is 18.2 Å². The molecule has 0 saturated heterocycles. The van der Waals surface area contributed by atoms with Gasteiger partial charge in [0.1, 0.15) is 0 Å². The number of thiophene rings is 1. The Hall–Kier alpha value is -2.60. The van der Waals surface area contributed by atoms with Crippen molar-refractivity contribution in [3.8, 4) is 11.4 Å². The van der Waals surface area contributed by atoms with E-state index in [1.807, 2.05) is 37.3 Å². The Kier molecular flexibility index (Phi) is 4.90. The Morgan fingerprint density at radius 2 is 2.00 bits per heavy atom. The minimum atomic E-state index is -0.248. The van der Waals surface area contributed by atoms with E-state index in [9.17, 15) is 4.79 Å². The van der Waals surface area contributed by atoms with E-state index in [1.54, 1.807) is 29.3 Å². The van der Waals surface area contributed by atoms with E-state index in [1.165, 1.54) is 9.75 Å². The second-order valence-electron chi connectivity index (χ2n) is 5.89. The van der Waals surface area contributed by atoms with Crippen LogP contribution < -0.4 is 10.1 Å². The third kappa shape index (κ3) is 3.58. The molecule has 0 bridgehead atoms. The van der Waals surface area contributed by atoms with Crippen molar-refractivity contribution < 1.29 is 9.53 Å². The predicted molar refractivity (Wildman–Crippen MR) is 99.8 cm³/mol. The summed E-state index contributed by atoms with van der Waals surface area (Å²) in [4.78, 5) is 15.2. The largest absolute Gasteiger partial charge is 0.493 e. The summed E-state index contributed by atoms with van der Waals surface area (Å²) in [6.07, 6.45) is 1.72. The molecular weight excluding hydrogens is 334 g/mol. The molecule has 1 N–H and O–H groups in total. The van der Waals surface area contributed by atoms with E-state index in [0.717, 1.165) is 11.3 Å². The number of carbonyl (C=O) groups is 1. The number of methoxy groups -OCH3 is 1. The molecule has 130 valence electrons. The van der Waals surface area contributed by atoms with Gasteiger partial charge in [-0.3, -0.25) is 4.79 Å². The quantitative estimate of drug-likeness (QED) is 0.751. The summed E-state index contributed by atoms with van der Waals surface area (Å²) in [5.41, 5.74) is 2.29. The molecule has 1 atom stereocenters. The number of amides is 1. The number of para-hydroxylation sites is 1. The minimum Gasteiger partial charge on any atom is -0.493 e. The van der Waals surface area contributed by atoms with Crippen LogP contribution in [-0.2, 0) is 0 Å². The van der Waals surface area contributed by atoms with Gasteiger partial charge in [-0.15, -0.1) is 11.3 Å². The number of nitrogens with zero attached hydrogens (tertiary/aromatic N) is 2. The van der Waals surface area contributed by atoms with Crippen molar-refractivity contribution in [1.29, 1.82) is 0 Å². The Labute approximate surface area is 151 Å². The van der Waals surface area contributed by atoms with E-state index < -0.39 is 0 Å². The molecule has 0 aliphatic rings. The molecule has 2 aromatic heterocycles. The highest BCUT2D eigenvalue weighted by molar-refractivity contribution is 7.12. The van der Waals surface area contributed by atoms with Crippen LogP contribution >= 0.6 is 11.3 Å². The summed E-state index contributed by atoms with van der Waals surface area (Å²) in [6, 6.07) is 11.7. The lowest BCUT2D eigenvalue weighted by Crippen LogP contribution is -2.27. The first-order valence-electron chi connectivity index (χ1n) is 8.06. The van der Waals surface area contributed by atoms with E-state index in [2.05, 4.69) is 30.3 Å². The van der Waals surface area contributed by atoms with Crippen molar-refractivity contribution in [2.45, 2.75) is 26.8 Å². The maximum absolute atomic E-state index is 12.7. The molecule has 0 saturated carbocycles. The van der Waals surface area contributed by atoms with Gasteiger partial charge >= 0.3 is 0 Å². The third-order valence-corrected chi connectivity index (χ3v) is 5.01. The molecule has 1 aromatic carbocycles. The standard InChI is InChI=1S/C19H21N3O2S/c1-12-10-16(14(3)25-12)13(2)20-19(23)18-17(24-4)11-22(21-18)15-8-6-5-7-9-15/h5-11,13H,1-4H3,(H,20,23)/t13-/m0/s1. The van der Waals surface area contributed by atoms with Crippen LogP contribution in [0, 0.1) is 13.8 Å². The number of aryl methyl sites for hydroxylation is 2. The number of hydrogen-bond donors (Lipinski definition) is 1. The molecule has 6 heteroatoms. The number of rotatable bonds is 5. The van der Waals surface area contributed by atoms with Crippen LogP contribution in [-0.4, -0.2) is 22.8 Å². The highest BCUT2D eigenvalue weighted by Crippen LogP contribution is 2.27. The van der Waals surface area contributed by atoms with Gasteiger partial charge in [0.2, 0.25) is 0 Å². The zero-order chi connectivity index (χ0) is 18.0. The van der Waals surface area contributed by atoms with Gasteiger partial charge in [0.05, 0.1) is 25.0 Å². The van der Waals surface area contributed by atoms with E-state index in [-0.39, 0.29) is 17.6 Å². The van der Waals surface area contributed by atoms with Gasteiger partial charge < -0.3 is 10.1 Å². The fraction of sp³-hybridized carbons (Fsp3) is 0.263. The van der Waals surface area contributed by atoms with Gasteiger partial charge in [-0.05, 0) is 44.5 Å². The lowest BCUT2D eigenvalue weighted by atomic mass is 10.1. The van der Waals surface area contributed by atoms with Gasteiger partial charge in [0, 0.05) is 9.75 Å². The lowest BCUT2D eigenvalue weighted by molar-refractivity contribution is 0.0931. The van der Waals surface area contributed by atoms with Crippen molar-refractivity contribution in [2.75, 3.05) is 7.11 Å². The molecule has 0 radical (unpaired) electrons. The van der Waals surface area contributed by atoms with Gasteiger partial charge in [-0.2, -0.15) is 5.10 Å². The van der Waals surface area contributed by atoms with Crippen molar-refractivity contribution in [3.63, 3.8) is 0 Å². The number of benzene rings is 1. The molecule has 2 heterocycles. The molecular formula is C19H21N3O2S. The zero-order valence-electron chi connectivity index (χ0n) is 14.7. The molecule has 0 aliphatic heterocycles. The Morgan fingerprint density at radius 1 is 1.28 bits per heavy atom. The minimum absolute atomic E-state index is 0.0935. The average Bonchev–Trinajstić information content (AvgIpc) is 3.18. The first-order chi connectivity index (χ1) is 12.0. The number of nitrogens with one attached hydrogen (secondary N) is 1. The zero-order valence-corrected chi connectivity index (χ0v) is 15.6. The second-order valence-corrected chi connectivity index (χ2v) is 7.35. The number of ether oxygens (including phenoxy) is 1. The van der Waals surface area contributed by atoms with E-state index in [0.29, 0.717) is 5.75 Å². The molecule has 0 spiro atoms. The normalized spacial score (nSPS) is 12.0. The van der Waals surface area contributed by atoms with E-state index in [4.69, 9.17) is 4.74 Å². The number of carbonyl (C=O) groups excluding carboxylic acids is 1. The SMILES string of the molecule is COc1cn(-c2ccccc2)nc1C(=O)N[C@@H](C)c1cc(C)sc1C. The van der Waals surface area contributed by atoms with Crippen LogP contribution in [0.3, 0.4) is 0 Å². The highest BCUT2D eigenvalue weighted by atomic mass is 32.1. The van der Waals surface area contributed by atoms with Crippen LogP contribution in [0.5, 0.6) is 5.75 Å². The summed E-state index contributed by atoms with van der Waals surface area (Å²) in [5.74, 6) is 0.203. The highest BCUT2D eigenvalue weighted by Gasteiger charge is 2.21. The Bertz CT molecular complexity index is 883. The molecule has 0 unspecified atom stereocenters. The molecule has 3 rings (SSSR count). The fourth-order valence-electron chi connectivity index (χ4n) is 2.80. The summed E-state index contributed by atoms with van der Waals surface area (Å²) < 4.78 is 6.99. The van der Waals surface area contributed by atoms with Gasteiger partial charge in [0.15, 0.2) is 11.4 Å². The summed E-state index contributed by atoms with van der Waals surface area (Å²) in [5, 5.41) is 7.43. The third-order valence-electron chi connectivity index (χ3n) is 4.03. The van der Waals surface area contributed by atoms with Crippen molar-refractivity contribution in [3.05, 3.63) is 63.6 Å². The lowest BCUT2D eigenvalue weighted by Gasteiger charge is -2.13. The average molecular weight is 355 g/mol. The topological polar surface area (TPSA) is 56.2 Å². The molecule has 0 aliphatic carbocycles.